The highest BCUT2D eigenvalue weighted by atomic mass is 16.7. The van der Waals surface area contributed by atoms with E-state index >= 15 is 0 Å². The number of likely N-dealkylation sites (N-methyl/N-ethyl adjacent to an activating group) is 1. The lowest BCUT2D eigenvalue weighted by Gasteiger charge is -2.50. The number of methoxy groups -OCH3 is 2. The van der Waals surface area contributed by atoms with Gasteiger partial charge in [-0.05, 0) is 85.7 Å². The quantitative estimate of drug-likeness (QED) is 0.115. The monoisotopic (exact) mass is 1040 g/mol. The summed E-state index contributed by atoms with van der Waals surface area (Å²) >= 11 is 0. The van der Waals surface area contributed by atoms with Crippen LogP contribution in [0.25, 0.3) is 0 Å². The molecular weight excluding hydrogens is 955 g/mol. The summed E-state index contributed by atoms with van der Waals surface area (Å²) in [7, 11) is 6.43. The first-order valence-electron chi connectivity index (χ1n) is 25.3. The molecule has 0 aliphatic carbocycles. The molecule has 0 radical (unpaired) electrons. The Balaban J connectivity index is 0.00000115. The van der Waals surface area contributed by atoms with Crippen LogP contribution in [0.5, 0.6) is 0 Å². The number of hydrogen-bond acceptors (Lipinski definition) is 19. The van der Waals surface area contributed by atoms with Crippen LogP contribution in [0.4, 0.5) is 0 Å². The predicted octanol–water partition coefficient (Wildman–Crippen LogP) is 3.22. The summed E-state index contributed by atoms with van der Waals surface area (Å²) in [4.78, 5) is 51.7. The van der Waals surface area contributed by atoms with Crippen LogP contribution in [0.1, 0.15) is 97.9 Å². The molecule has 1 unspecified atom stereocenters. The number of rotatable bonds is 14. The summed E-state index contributed by atoms with van der Waals surface area (Å²) in [5, 5.41) is 64.2. The summed E-state index contributed by atoms with van der Waals surface area (Å²) in [6, 6.07) is 7.55. The van der Waals surface area contributed by atoms with Crippen LogP contribution in [-0.2, 0) is 57.0 Å². The van der Waals surface area contributed by atoms with Crippen molar-refractivity contribution in [3.8, 4) is 0 Å². The Hall–Kier alpha value is -3.58. The molecule has 1 aromatic carbocycles. The van der Waals surface area contributed by atoms with Crippen LogP contribution in [0, 0.1) is 23.7 Å². The maximum Gasteiger partial charge on any atom is 0.335 e. The number of aliphatic hydroxyl groups excluding tert-OH is 4. The minimum atomic E-state index is -1.49. The lowest BCUT2D eigenvalue weighted by molar-refractivity contribution is -0.341. The van der Waals surface area contributed by atoms with E-state index in [0.717, 1.165) is 6.29 Å². The minimum Gasteiger partial charge on any atom is -0.478 e. The first-order valence-corrected chi connectivity index (χ1v) is 25.3. The number of benzene rings is 1. The molecule has 1 aromatic rings. The fourth-order valence-corrected chi connectivity index (χ4v) is 10.1. The third kappa shape index (κ3) is 16.7. The zero-order valence-corrected chi connectivity index (χ0v) is 44.4. The molecule has 20 heteroatoms. The van der Waals surface area contributed by atoms with Gasteiger partial charge >= 0.3 is 11.9 Å². The summed E-state index contributed by atoms with van der Waals surface area (Å²) in [5.74, 6) is -4.47. The number of carbonyl (C=O) groups is 4. The molecule has 4 aliphatic rings. The summed E-state index contributed by atoms with van der Waals surface area (Å²) in [5.41, 5.74) is -0.475. The summed E-state index contributed by atoms with van der Waals surface area (Å²) in [6.07, 6.45) is -8.49. The Kier molecular flexibility index (Phi) is 24.2. The third-order valence-corrected chi connectivity index (χ3v) is 14.4. The van der Waals surface area contributed by atoms with Crippen LogP contribution in [0.15, 0.2) is 54.1 Å². The average molecular weight is 1040 g/mol. The molecule has 4 aliphatic heterocycles. The molecule has 0 aromatic heterocycles. The standard InChI is InChI=1S/C46H77NO17.C7H6O2/c1-13-33-30(22-58-45-42(57-12)41(56-11)37(52)26(5)60-45)18-23(2)14-15-31(49)24(3)19-29(16-17-48)39(25(4)32(50)20-34(51)62-33)64-44-38(53)36(47(9)10)40(27(6)61-44)63-35-21-46(8,55)43(54)28(7)59-35;8-7(9)6-4-2-1-3-5-6/h14-15,17-18,24-30,32-33,35-45,50,52-55H,13,16,19-22H2,1-12H3;1-5H,(H,8,9)/b15-14+,23-18+;/t24-,25+,26-,27-,28+,29+,30?,32-,33-,35+,36-,37-,38-,39-,40-,41-,42-,43+,44+,45-,46-;/m1./s1. The van der Waals surface area contributed by atoms with Crippen LogP contribution in [-0.4, -0.2) is 198 Å². The van der Waals surface area contributed by atoms with Crippen LogP contribution < -0.4 is 0 Å². The highest BCUT2D eigenvalue weighted by molar-refractivity contribution is 5.91. The second-order valence-electron chi connectivity index (χ2n) is 20.4. The number of aldehydes is 1. The maximum absolute atomic E-state index is 13.8. The van der Waals surface area contributed by atoms with E-state index in [2.05, 4.69) is 0 Å². The number of ketones is 1. The Labute approximate surface area is 429 Å². The number of carboxylic acids is 1. The predicted molar refractivity (Wildman–Crippen MR) is 264 cm³/mol. The fourth-order valence-electron chi connectivity index (χ4n) is 10.1. The topological polar surface area (TPSA) is 276 Å². The molecule has 4 heterocycles. The van der Waals surface area contributed by atoms with E-state index in [4.69, 9.17) is 47.7 Å². The van der Waals surface area contributed by atoms with Crippen LogP contribution in [0.3, 0.4) is 0 Å². The number of aromatic carboxylic acids is 1. The molecule has 21 atom stereocenters. The Morgan fingerprint density at radius 1 is 0.849 bits per heavy atom. The van der Waals surface area contributed by atoms with Gasteiger partial charge in [0.2, 0.25) is 0 Å². The number of carboxylic acid groups (broad SMARTS) is 1. The highest BCUT2D eigenvalue weighted by Crippen LogP contribution is 2.37. The normalized spacial score (nSPS) is 41.4. The molecule has 20 nitrogen and oxygen atoms in total. The molecule has 6 N–H and O–H groups in total. The van der Waals surface area contributed by atoms with E-state index in [1.165, 1.54) is 27.2 Å². The van der Waals surface area contributed by atoms with E-state index in [-0.39, 0.29) is 31.7 Å². The Morgan fingerprint density at radius 3 is 2.05 bits per heavy atom. The van der Waals surface area contributed by atoms with Crippen LogP contribution in [0.2, 0.25) is 0 Å². The van der Waals surface area contributed by atoms with Crippen LogP contribution >= 0.6 is 0 Å². The SMILES string of the molecule is CC[C@H]1OC(=O)C[C@@H](O)[C@H](C)[C@@H](O[C@@H]2O[C@H](C)[C@@H](O[C@H]3C[C@@](C)(O)[C@@H](O)[C@H](C)O3)[C@H](N(C)C)[C@H]2O)[C@@H](CC=O)C[C@@H](C)C(=O)/C=C/C(C)=C/C1CO[C@@H]1O[C@H](C)[C@@H](O)[C@@H](OC)[C@H]1OC.O=C(O)c1ccccc1. The molecule has 3 saturated heterocycles. The van der Waals surface area contributed by atoms with Gasteiger partial charge in [-0.1, -0.05) is 56.7 Å². The maximum atomic E-state index is 13.8. The zero-order chi connectivity index (χ0) is 54.5. The van der Waals surface area contributed by atoms with E-state index < -0.39 is 146 Å². The number of aliphatic hydroxyl groups is 5. The van der Waals surface area contributed by atoms with Crippen molar-refractivity contribution in [3.63, 3.8) is 0 Å². The van der Waals surface area contributed by atoms with Gasteiger partial charge < -0.3 is 83.0 Å². The molecule has 0 spiro atoms. The van der Waals surface area contributed by atoms with Crippen molar-refractivity contribution in [2.24, 2.45) is 23.7 Å². The molecule has 0 amide bonds. The third-order valence-electron chi connectivity index (χ3n) is 14.4. The van der Waals surface area contributed by atoms with Crippen molar-refractivity contribution in [2.45, 2.75) is 191 Å². The summed E-state index contributed by atoms with van der Waals surface area (Å²) in [6.45, 7) is 13.6. The first-order chi connectivity index (χ1) is 34.4. The van der Waals surface area contributed by atoms with Crippen molar-refractivity contribution in [1.82, 2.24) is 4.90 Å². The van der Waals surface area contributed by atoms with Gasteiger partial charge in [-0.2, -0.15) is 0 Å². The van der Waals surface area contributed by atoms with E-state index in [0.29, 0.717) is 17.6 Å². The smallest absolute Gasteiger partial charge is 0.335 e. The van der Waals surface area contributed by atoms with Crippen molar-refractivity contribution in [3.05, 3.63) is 59.7 Å². The molecule has 3 fully saturated rings. The van der Waals surface area contributed by atoms with Gasteiger partial charge in [0.15, 0.2) is 24.7 Å². The van der Waals surface area contributed by atoms with Gasteiger partial charge in [-0.25, -0.2) is 4.79 Å². The average Bonchev–Trinajstić information content (AvgIpc) is 3.33. The van der Waals surface area contributed by atoms with Gasteiger partial charge in [0, 0.05) is 44.8 Å². The lowest BCUT2D eigenvalue weighted by Crippen LogP contribution is -2.65. The number of esters is 1. The number of hydrogen-bond donors (Lipinski definition) is 6. The molecule has 0 saturated carbocycles. The highest BCUT2D eigenvalue weighted by Gasteiger charge is 2.52. The molecule has 5 rings (SSSR count). The number of cyclic esters (lactones) is 1. The number of carbonyl (C=O) groups excluding carboxylic acids is 3. The summed E-state index contributed by atoms with van der Waals surface area (Å²) < 4.78 is 54.7. The van der Waals surface area contributed by atoms with E-state index in [1.54, 1.807) is 90.0 Å². The molecule has 0 bridgehead atoms. The van der Waals surface area contributed by atoms with Gasteiger partial charge in [0.05, 0.1) is 60.8 Å². The first kappa shape index (κ1) is 62.0. The van der Waals surface area contributed by atoms with Gasteiger partial charge in [-0.3, -0.25) is 9.59 Å². The number of allylic oxidation sites excluding steroid dienone is 3. The minimum absolute atomic E-state index is 0.00788. The lowest BCUT2D eigenvalue weighted by atomic mass is 9.79. The van der Waals surface area contributed by atoms with Gasteiger partial charge in [0.25, 0.3) is 0 Å². The fraction of sp³-hybridized carbons (Fsp3) is 0.736. The number of ether oxygens (including phenoxy) is 9. The second-order valence-corrected chi connectivity index (χ2v) is 20.4. The van der Waals surface area contributed by atoms with Crippen molar-refractivity contribution >= 4 is 24.0 Å². The zero-order valence-electron chi connectivity index (χ0n) is 44.4. The van der Waals surface area contributed by atoms with Crippen molar-refractivity contribution in [2.75, 3.05) is 34.9 Å². The second kappa shape index (κ2) is 28.5. The molecule has 414 valence electrons. The van der Waals surface area contributed by atoms with Gasteiger partial charge in [-0.15, -0.1) is 0 Å². The molecule has 73 heavy (non-hydrogen) atoms. The Morgan fingerprint density at radius 2 is 1.49 bits per heavy atom. The van der Waals surface area contributed by atoms with Crippen molar-refractivity contribution in [1.29, 1.82) is 0 Å². The van der Waals surface area contributed by atoms with E-state index in [9.17, 15) is 44.7 Å². The van der Waals surface area contributed by atoms with Crippen molar-refractivity contribution < 1.29 is 92.4 Å². The number of nitrogens with zero attached hydrogens (tertiary/aromatic N) is 1. The molecular formula is C53H83NO19. The van der Waals surface area contributed by atoms with Gasteiger partial charge in [0.1, 0.15) is 49.0 Å². The largest absolute Gasteiger partial charge is 0.478 e. The van der Waals surface area contributed by atoms with E-state index in [1.807, 2.05) is 19.9 Å². The Bertz CT molecular complexity index is 1950.